The van der Waals surface area contributed by atoms with Gasteiger partial charge in [0.15, 0.2) is 0 Å². The first-order valence-electron chi connectivity index (χ1n) is 6.97. The Balaban J connectivity index is 2.21. The summed E-state index contributed by atoms with van der Waals surface area (Å²) in [6.07, 6.45) is 7.03. The van der Waals surface area contributed by atoms with Crippen LogP contribution in [0.3, 0.4) is 0 Å². The van der Waals surface area contributed by atoms with Crippen LogP contribution in [0.5, 0.6) is 0 Å². The predicted molar refractivity (Wildman–Crippen MR) is 74.3 cm³/mol. The molecule has 1 fully saturated rings. The average Bonchev–Trinajstić information content (AvgIpc) is 2.34. The van der Waals surface area contributed by atoms with Crippen LogP contribution in [0, 0.1) is 19.8 Å². The van der Waals surface area contributed by atoms with Gasteiger partial charge in [-0.15, -0.1) is 0 Å². The summed E-state index contributed by atoms with van der Waals surface area (Å²) >= 11 is 0. The molecule has 0 heterocycles. The molecule has 0 saturated heterocycles. The van der Waals surface area contributed by atoms with Crippen molar-refractivity contribution in [3.05, 3.63) is 34.9 Å². The maximum absolute atomic E-state index is 3.55. The highest BCUT2D eigenvalue weighted by Gasteiger charge is 2.24. The van der Waals surface area contributed by atoms with Crippen molar-refractivity contribution in [3.63, 3.8) is 0 Å². The van der Waals surface area contributed by atoms with Crippen LogP contribution in [0.15, 0.2) is 18.2 Å². The number of hydrogen-bond acceptors (Lipinski definition) is 1. The molecule has 1 heteroatoms. The fourth-order valence-corrected chi connectivity index (χ4v) is 3.29. The Bertz CT molecular complexity index is 364. The van der Waals surface area contributed by atoms with E-state index in [-0.39, 0.29) is 0 Å². The number of rotatable bonds is 3. The minimum absolute atomic E-state index is 0.552. The molecule has 1 aliphatic rings. The summed E-state index contributed by atoms with van der Waals surface area (Å²) in [5.41, 5.74) is 4.31. The second-order valence-electron chi connectivity index (χ2n) is 5.52. The van der Waals surface area contributed by atoms with Gasteiger partial charge < -0.3 is 5.32 Å². The molecule has 1 nitrogen and oxygen atoms in total. The SMILES string of the molecule is CNC(c1ccc(C)cc1C)C1CCCCC1. The monoisotopic (exact) mass is 231 g/mol. The topological polar surface area (TPSA) is 12.0 Å². The van der Waals surface area contributed by atoms with Crippen molar-refractivity contribution in [1.82, 2.24) is 5.32 Å². The number of hydrogen-bond donors (Lipinski definition) is 1. The lowest BCUT2D eigenvalue weighted by Gasteiger charge is -2.31. The van der Waals surface area contributed by atoms with Crippen LogP contribution in [0.2, 0.25) is 0 Å². The summed E-state index contributed by atoms with van der Waals surface area (Å²) in [5, 5.41) is 3.55. The number of aryl methyl sites for hydroxylation is 2. The zero-order chi connectivity index (χ0) is 12.3. The van der Waals surface area contributed by atoms with E-state index in [1.807, 2.05) is 0 Å². The highest BCUT2D eigenvalue weighted by Crippen LogP contribution is 2.35. The van der Waals surface area contributed by atoms with Gasteiger partial charge in [-0.1, -0.05) is 43.0 Å². The highest BCUT2D eigenvalue weighted by atomic mass is 14.9. The summed E-state index contributed by atoms with van der Waals surface area (Å²) in [6.45, 7) is 4.42. The molecule has 0 aromatic heterocycles. The van der Waals surface area contributed by atoms with Crippen molar-refractivity contribution >= 4 is 0 Å². The van der Waals surface area contributed by atoms with Crippen molar-refractivity contribution in [2.45, 2.75) is 52.0 Å². The summed E-state index contributed by atoms with van der Waals surface area (Å²) < 4.78 is 0. The first kappa shape index (κ1) is 12.6. The first-order chi connectivity index (χ1) is 8.22. The molecule has 1 aromatic carbocycles. The van der Waals surface area contributed by atoms with Crippen LogP contribution < -0.4 is 5.32 Å². The van der Waals surface area contributed by atoms with Crippen LogP contribution in [0.25, 0.3) is 0 Å². The maximum Gasteiger partial charge on any atom is 0.0348 e. The van der Waals surface area contributed by atoms with Gasteiger partial charge in [0.25, 0.3) is 0 Å². The fraction of sp³-hybridized carbons (Fsp3) is 0.625. The average molecular weight is 231 g/mol. The van der Waals surface area contributed by atoms with Gasteiger partial charge in [-0.2, -0.15) is 0 Å². The molecule has 1 atom stereocenters. The molecule has 1 N–H and O–H groups in total. The van der Waals surface area contributed by atoms with E-state index < -0.39 is 0 Å². The van der Waals surface area contributed by atoms with Crippen LogP contribution in [0.1, 0.15) is 54.8 Å². The van der Waals surface area contributed by atoms with Gasteiger partial charge in [0, 0.05) is 6.04 Å². The Kier molecular flexibility index (Phi) is 4.22. The number of nitrogens with one attached hydrogen (secondary N) is 1. The van der Waals surface area contributed by atoms with Crippen molar-refractivity contribution in [3.8, 4) is 0 Å². The molecule has 0 aliphatic heterocycles. The molecule has 2 rings (SSSR count). The Hall–Kier alpha value is -0.820. The van der Waals surface area contributed by atoms with Gasteiger partial charge in [0.1, 0.15) is 0 Å². The molecule has 0 amide bonds. The van der Waals surface area contributed by atoms with Crippen molar-refractivity contribution in [2.24, 2.45) is 5.92 Å². The molecule has 94 valence electrons. The Labute approximate surface area is 106 Å². The standard InChI is InChI=1S/C16H25N/c1-12-9-10-15(13(2)11-12)16(17-3)14-7-5-4-6-8-14/h9-11,14,16-17H,4-8H2,1-3H3. The molecule has 1 saturated carbocycles. The molecule has 1 aromatic rings. The van der Waals surface area contributed by atoms with Gasteiger partial charge in [0.2, 0.25) is 0 Å². The molecule has 17 heavy (non-hydrogen) atoms. The second kappa shape index (κ2) is 5.68. The lowest BCUT2D eigenvalue weighted by molar-refractivity contribution is 0.281. The van der Waals surface area contributed by atoms with E-state index in [0.29, 0.717) is 6.04 Å². The Morgan fingerprint density at radius 2 is 1.82 bits per heavy atom. The van der Waals surface area contributed by atoms with Crippen molar-refractivity contribution in [1.29, 1.82) is 0 Å². The van der Waals surface area contributed by atoms with Gasteiger partial charge in [0.05, 0.1) is 0 Å². The van der Waals surface area contributed by atoms with Crippen molar-refractivity contribution < 1.29 is 0 Å². The highest BCUT2D eigenvalue weighted by molar-refractivity contribution is 5.33. The summed E-state index contributed by atoms with van der Waals surface area (Å²) in [5.74, 6) is 0.829. The van der Waals surface area contributed by atoms with Crippen molar-refractivity contribution in [2.75, 3.05) is 7.05 Å². The number of benzene rings is 1. The van der Waals surface area contributed by atoms with E-state index in [2.05, 4.69) is 44.4 Å². The van der Waals surface area contributed by atoms with Crippen LogP contribution in [-0.2, 0) is 0 Å². The molecule has 0 bridgehead atoms. The first-order valence-corrected chi connectivity index (χ1v) is 6.97. The van der Waals surface area contributed by atoms with E-state index in [4.69, 9.17) is 0 Å². The van der Waals surface area contributed by atoms with E-state index in [1.165, 1.54) is 48.8 Å². The Morgan fingerprint density at radius 3 is 2.41 bits per heavy atom. The van der Waals surface area contributed by atoms with E-state index >= 15 is 0 Å². The third-order valence-electron chi connectivity index (χ3n) is 4.19. The summed E-state index contributed by atoms with van der Waals surface area (Å²) in [4.78, 5) is 0. The minimum atomic E-state index is 0.552. The Morgan fingerprint density at radius 1 is 1.12 bits per heavy atom. The molecule has 1 aliphatic carbocycles. The normalized spacial score (nSPS) is 19.2. The van der Waals surface area contributed by atoms with E-state index in [0.717, 1.165) is 5.92 Å². The largest absolute Gasteiger partial charge is 0.313 e. The molecule has 0 spiro atoms. The predicted octanol–water partition coefficient (Wildman–Crippen LogP) is 4.14. The lowest BCUT2D eigenvalue weighted by atomic mass is 9.80. The zero-order valence-electron chi connectivity index (χ0n) is 11.4. The second-order valence-corrected chi connectivity index (χ2v) is 5.52. The summed E-state index contributed by atoms with van der Waals surface area (Å²) in [7, 11) is 2.11. The van der Waals surface area contributed by atoms with Gasteiger partial charge >= 0.3 is 0 Å². The fourth-order valence-electron chi connectivity index (χ4n) is 3.29. The van der Waals surface area contributed by atoms with Gasteiger partial charge in [-0.05, 0) is 50.8 Å². The van der Waals surface area contributed by atoms with E-state index in [1.54, 1.807) is 0 Å². The maximum atomic E-state index is 3.55. The van der Waals surface area contributed by atoms with Gasteiger partial charge in [-0.25, -0.2) is 0 Å². The third-order valence-corrected chi connectivity index (χ3v) is 4.19. The molecular formula is C16H25N. The quantitative estimate of drug-likeness (QED) is 0.824. The van der Waals surface area contributed by atoms with Crippen LogP contribution >= 0.6 is 0 Å². The molecule has 1 unspecified atom stereocenters. The van der Waals surface area contributed by atoms with Gasteiger partial charge in [-0.3, -0.25) is 0 Å². The zero-order valence-corrected chi connectivity index (χ0v) is 11.4. The smallest absolute Gasteiger partial charge is 0.0348 e. The lowest BCUT2D eigenvalue weighted by Crippen LogP contribution is -2.27. The molecular weight excluding hydrogens is 206 g/mol. The van der Waals surface area contributed by atoms with Crippen LogP contribution in [0.4, 0.5) is 0 Å². The minimum Gasteiger partial charge on any atom is -0.313 e. The third kappa shape index (κ3) is 2.90. The van der Waals surface area contributed by atoms with E-state index in [9.17, 15) is 0 Å². The van der Waals surface area contributed by atoms with Crippen LogP contribution in [-0.4, -0.2) is 7.05 Å². The molecule has 0 radical (unpaired) electrons. The summed E-state index contributed by atoms with van der Waals surface area (Å²) in [6, 6.07) is 7.43.